The van der Waals surface area contributed by atoms with Crippen LogP contribution in [0.25, 0.3) is 0 Å². The quantitative estimate of drug-likeness (QED) is 0.216. The monoisotopic (exact) mass is 603 g/mol. The number of aromatic amines is 1. The topological polar surface area (TPSA) is 142 Å². The van der Waals surface area contributed by atoms with Gasteiger partial charge in [0.25, 0.3) is 5.56 Å². The van der Waals surface area contributed by atoms with E-state index < -0.39 is 43.2 Å². The zero-order chi connectivity index (χ0) is 24.2. The second-order valence-electron chi connectivity index (χ2n) is 8.36. The first-order chi connectivity index (χ1) is 15.5. The molecule has 0 aromatic carbocycles. The van der Waals surface area contributed by atoms with Gasteiger partial charge in [-0.1, -0.05) is 22.6 Å². The number of aliphatic hydroxyl groups excluding tert-OH is 1. The van der Waals surface area contributed by atoms with Crippen molar-refractivity contribution in [3.05, 3.63) is 33.1 Å². The molecule has 33 heavy (non-hydrogen) atoms. The number of halogens is 1. The molecule has 0 bridgehead atoms. The maximum Gasteiger partial charge on any atom is 0.408 e. The molecule has 14 heteroatoms. The Bertz CT molecular complexity index is 955. The van der Waals surface area contributed by atoms with Crippen LogP contribution in [0, 0.1) is 0 Å². The molecule has 0 saturated carbocycles. The van der Waals surface area contributed by atoms with Crippen LogP contribution in [-0.2, 0) is 27.8 Å². The van der Waals surface area contributed by atoms with Gasteiger partial charge in [-0.3, -0.25) is 23.4 Å². The fourth-order valence-electron chi connectivity index (χ4n) is 3.54. The van der Waals surface area contributed by atoms with Crippen molar-refractivity contribution in [2.75, 3.05) is 37.8 Å². The lowest BCUT2D eigenvalue weighted by molar-refractivity contribution is -0.139. The molecule has 2 unspecified atom stereocenters. The number of alkyl halides is 1. The second-order valence-corrected chi connectivity index (χ2v) is 11.6. The van der Waals surface area contributed by atoms with E-state index in [1.165, 1.54) is 21.5 Å². The molecule has 2 aliphatic heterocycles. The van der Waals surface area contributed by atoms with Crippen LogP contribution >= 0.6 is 30.3 Å². The Morgan fingerprint density at radius 3 is 2.79 bits per heavy atom. The highest BCUT2D eigenvalue weighted by Gasteiger charge is 2.39. The number of aromatic nitrogens is 2. The summed E-state index contributed by atoms with van der Waals surface area (Å²) in [5.74, 6) is -0.650. The van der Waals surface area contributed by atoms with Crippen molar-refractivity contribution in [2.24, 2.45) is 0 Å². The van der Waals surface area contributed by atoms with Crippen LogP contribution in [0.15, 0.2) is 21.9 Å². The van der Waals surface area contributed by atoms with Gasteiger partial charge in [0.05, 0.1) is 32.0 Å². The van der Waals surface area contributed by atoms with E-state index in [2.05, 4.69) is 27.6 Å². The maximum absolute atomic E-state index is 13.5. The molecule has 5 atom stereocenters. The zero-order valence-electron chi connectivity index (χ0n) is 18.8. The largest absolute Gasteiger partial charge is 0.408 e. The summed E-state index contributed by atoms with van der Waals surface area (Å²) in [6.07, 6.45) is -0.833. The van der Waals surface area contributed by atoms with Gasteiger partial charge in [-0.25, -0.2) is 14.0 Å². The number of hydrogen-bond acceptors (Lipinski definition) is 9. The lowest BCUT2D eigenvalue weighted by atomic mass is 10.2. The van der Waals surface area contributed by atoms with Crippen LogP contribution in [0.2, 0.25) is 0 Å². The lowest BCUT2D eigenvalue weighted by Crippen LogP contribution is -2.32. The van der Waals surface area contributed by atoms with Gasteiger partial charge in [-0.15, -0.1) is 0 Å². The number of hydrogen-bond donors (Lipinski definition) is 2. The van der Waals surface area contributed by atoms with Crippen LogP contribution in [0.1, 0.15) is 32.9 Å². The maximum atomic E-state index is 13.5. The van der Waals surface area contributed by atoms with Gasteiger partial charge < -0.3 is 19.3 Å². The molecule has 12 nitrogen and oxygen atoms in total. The molecule has 188 valence electrons. The third-order valence-electron chi connectivity index (χ3n) is 5.36. The Kier molecular flexibility index (Phi) is 9.31. The zero-order valence-corrected chi connectivity index (χ0v) is 21.9. The summed E-state index contributed by atoms with van der Waals surface area (Å²) < 4.78 is 45.3. The molecule has 2 fully saturated rings. The van der Waals surface area contributed by atoms with Crippen molar-refractivity contribution in [3.8, 4) is 0 Å². The van der Waals surface area contributed by atoms with Crippen LogP contribution in [0.4, 0.5) is 0 Å². The molecule has 2 saturated heterocycles. The van der Waals surface area contributed by atoms with Crippen LogP contribution in [-0.4, -0.2) is 81.3 Å². The third kappa shape index (κ3) is 7.18. The smallest absolute Gasteiger partial charge is 0.390 e. The van der Waals surface area contributed by atoms with Crippen LogP contribution < -0.4 is 11.2 Å². The fraction of sp³-hybridized carbons (Fsp3) is 0.789. The van der Waals surface area contributed by atoms with E-state index in [-0.39, 0.29) is 25.7 Å². The summed E-state index contributed by atoms with van der Waals surface area (Å²) in [6.45, 7) is 4.50. The normalized spacial score (nSPS) is 28.9. The summed E-state index contributed by atoms with van der Waals surface area (Å²) in [4.78, 5) is 25.4. The van der Waals surface area contributed by atoms with Crippen molar-refractivity contribution in [2.45, 2.75) is 57.0 Å². The molecule has 0 aliphatic carbocycles. The Morgan fingerprint density at radius 1 is 1.39 bits per heavy atom. The highest BCUT2D eigenvalue weighted by atomic mass is 127. The van der Waals surface area contributed by atoms with Crippen molar-refractivity contribution in [1.82, 2.24) is 14.2 Å². The average molecular weight is 603 g/mol. The van der Waals surface area contributed by atoms with Crippen molar-refractivity contribution in [3.63, 3.8) is 0 Å². The van der Waals surface area contributed by atoms with Gasteiger partial charge >= 0.3 is 13.4 Å². The lowest BCUT2D eigenvalue weighted by Gasteiger charge is -2.28. The number of nitrogens with one attached hydrogen (secondary N) is 1. The molecule has 0 radical (unpaired) electrons. The molecule has 0 spiro atoms. The minimum atomic E-state index is -3.68. The predicted octanol–water partition coefficient (Wildman–Crippen LogP) is 1.23. The molecule has 3 rings (SSSR count). The molecule has 3 heterocycles. The summed E-state index contributed by atoms with van der Waals surface area (Å²) in [5, 5.41) is 10.4. The number of aliphatic hydroxyl groups is 1. The summed E-state index contributed by atoms with van der Waals surface area (Å²) in [7, 11) is -2.03. The Morgan fingerprint density at radius 2 is 2.15 bits per heavy atom. The first-order valence-electron chi connectivity index (χ1n) is 10.7. The van der Waals surface area contributed by atoms with Crippen LogP contribution in [0.5, 0.6) is 0 Å². The summed E-state index contributed by atoms with van der Waals surface area (Å²) >= 11 is 2.17. The van der Waals surface area contributed by atoms with E-state index in [0.29, 0.717) is 24.0 Å². The highest BCUT2D eigenvalue weighted by molar-refractivity contribution is 14.1. The second kappa shape index (κ2) is 11.4. The minimum absolute atomic E-state index is 0.115. The van der Waals surface area contributed by atoms with Crippen molar-refractivity contribution >= 4 is 30.3 Å². The Balaban J connectivity index is 1.58. The van der Waals surface area contributed by atoms with E-state index >= 15 is 0 Å². The summed E-state index contributed by atoms with van der Waals surface area (Å²) in [6, 6.07) is 1.20. The number of H-pyrrole nitrogens is 1. The number of rotatable bonds is 11. The molecule has 0 amide bonds. The van der Waals surface area contributed by atoms with Crippen molar-refractivity contribution in [1.29, 1.82) is 0 Å². The standard InChI is InChI=1S/C19H31IN3O9P/c1-19(2)28-11-13(32-19)5-9-29-33(27,22(3)8-6-20)30-12-15-14(24)10-17(31-15)23-7-4-16(25)21-18(23)26/h4,7,13-15,17,24H,5-6,8-12H2,1-3H3,(H,21,25,26)/t13?,14-,15+,17+,33?/m0/s1. The first kappa shape index (κ1) is 27.0. The van der Waals surface area contributed by atoms with E-state index in [9.17, 15) is 19.3 Å². The molecule has 2 aliphatic rings. The molecule has 1 aromatic rings. The predicted molar refractivity (Wildman–Crippen MR) is 126 cm³/mol. The molecule has 2 N–H and O–H groups in total. The molecular weight excluding hydrogens is 572 g/mol. The number of ether oxygens (including phenoxy) is 3. The minimum Gasteiger partial charge on any atom is -0.390 e. The van der Waals surface area contributed by atoms with Gasteiger partial charge in [-0.05, 0) is 27.3 Å². The SMILES string of the molecule is CN(CCI)P(=O)(OCCC1COC(C)(C)O1)OC[C@H]1O[C@@H](n2ccc(=O)[nH]c2=O)C[C@@H]1O. The van der Waals surface area contributed by atoms with Gasteiger partial charge in [0, 0.05) is 29.7 Å². The summed E-state index contributed by atoms with van der Waals surface area (Å²) in [5.41, 5.74) is -1.16. The van der Waals surface area contributed by atoms with Gasteiger partial charge in [-0.2, -0.15) is 0 Å². The average Bonchev–Trinajstić information content (AvgIpc) is 3.27. The molecule has 1 aromatic heterocycles. The van der Waals surface area contributed by atoms with Gasteiger partial charge in [0.15, 0.2) is 5.79 Å². The first-order valence-corrected chi connectivity index (χ1v) is 13.7. The van der Waals surface area contributed by atoms with Gasteiger partial charge in [0.2, 0.25) is 0 Å². The van der Waals surface area contributed by atoms with E-state index in [4.69, 9.17) is 23.3 Å². The van der Waals surface area contributed by atoms with E-state index in [1.54, 1.807) is 7.05 Å². The Labute approximate surface area is 205 Å². The van der Waals surface area contributed by atoms with Crippen molar-refractivity contribution < 1.29 is 32.9 Å². The molecular formula is C19H31IN3O9P. The fourth-order valence-corrected chi connectivity index (χ4v) is 6.13. The number of nitrogens with zero attached hydrogens (tertiary/aromatic N) is 2. The van der Waals surface area contributed by atoms with E-state index in [0.717, 1.165) is 0 Å². The highest BCUT2D eigenvalue weighted by Crippen LogP contribution is 2.51. The van der Waals surface area contributed by atoms with E-state index in [1.807, 2.05) is 13.8 Å². The third-order valence-corrected chi connectivity index (χ3v) is 7.86. The van der Waals surface area contributed by atoms with Crippen LogP contribution in [0.3, 0.4) is 0 Å². The Hall–Kier alpha value is -0.640. The van der Waals surface area contributed by atoms with Gasteiger partial charge in [0.1, 0.15) is 12.3 Å².